The van der Waals surface area contributed by atoms with E-state index < -0.39 is 15.0 Å². The SMILES string of the molecule is O=S(=O)(O)c1ccc(O)c(N=Nc2c(O)cccc2O)c1. The van der Waals surface area contributed by atoms with Crippen molar-refractivity contribution in [2.24, 2.45) is 10.2 Å². The summed E-state index contributed by atoms with van der Waals surface area (Å²) in [6.07, 6.45) is 0. The van der Waals surface area contributed by atoms with Gasteiger partial charge in [-0.05, 0) is 30.3 Å². The molecule has 0 spiro atoms. The summed E-state index contributed by atoms with van der Waals surface area (Å²) < 4.78 is 30.9. The summed E-state index contributed by atoms with van der Waals surface area (Å²) in [6.45, 7) is 0. The summed E-state index contributed by atoms with van der Waals surface area (Å²) in [7, 11) is -4.45. The molecule has 21 heavy (non-hydrogen) atoms. The smallest absolute Gasteiger partial charge is 0.294 e. The molecule has 2 aromatic rings. The normalized spacial score (nSPS) is 11.9. The first-order chi connectivity index (χ1) is 9.79. The lowest BCUT2D eigenvalue weighted by Gasteiger charge is -2.02. The Morgan fingerprint density at radius 2 is 1.48 bits per heavy atom. The highest BCUT2D eigenvalue weighted by molar-refractivity contribution is 7.85. The van der Waals surface area contributed by atoms with E-state index in [-0.39, 0.29) is 28.6 Å². The van der Waals surface area contributed by atoms with Crippen molar-refractivity contribution in [2.45, 2.75) is 4.90 Å². The molecule has 110 valence electrons. The highest BCUT2D eigenvalue weighted by Crippen LogP contribution is 2.38. The van der Waals surface area contributed by atoms with Crippen LogP contribution >= 0.6 is 0 Å². The quantitative estimate of drug-likeness (QED) is 0.507. The molecule has 0 radical (unpaired) electrons. The van der Waals surface area contributed by atoms with Crippen molar-refractivity contribution in [3.63, 3.8) is 0 Å². The van der Waals surface area contributed by atoms with Crippen molar-refractivity contribution in [1.82, 2.24) is 0 Å². The van der Waals surface area contributed by atoms with Gasteiger partial charge in [0.15, 0.2) is 5.69 Å². The highest BCUT2D eigenvalue weighted by Gasteiger charge is 2.13. The van der Waals surface area contributed by atoms with Gasteiger partial charge in [0, 0.05) is 0 Å². The van der Waals surface area contributed by atoms with Gasteiger partial charge >= 0.3 is 0 Å². The number of phenolic OH excluding ortho intramolecular Hbond substituents is 3. The standard InChI is InChI=1S/C12H10N2O6S/c15-9-5-4-7(21(18,19)20)6-8(9)13-14-12-10(16)2-1-3-11(12)17/h1-6,15-17H,(H,18,19,20). The van der Waals surface area contributed by atoms with E-state index in [0.717, 1.165) is 18.2 Å². The van der Waals surface area contributed by atoms with Crippen molar-refractivity contribution >= 4 is 21.5 Å². The molecule has 0 aliphatic rings. The summed E-state index contributed by atoms with van der Waals surface area (Å²) in [5.74, 6) is -1.07. The summed E-state index contributed by atoms with van der Waals surface area (Å²) in [6, 6.07) is 6.82. The van der Waals surface area contributed by atoms with Crippen molar-refractivity contribution in [2.75, 3.05) is 0 Å². The molecule has 2 aromatic carbocycles. The van der Waals surface area contributed by atoms with E-state index in [1.165, 1.54) is 18.2 Å². The fourth-order valence-corrected chi connectivity index (χ4v) is 1.97. The van der Waals surface area contributed by atoms with E-state index in [1.807, 2.05) is 0 Å². The Bertz CT molecular complexity index is 796. The maximum absolute atomic E-state index is 11.0. The maximum atomic E-state index is 11.0. The molecule has 0 atom stereocenters. The second-order valence-corrected chi connectivity index (χ2v) is 5.39. The molecule has 2 rings (SSSR count). The molecule has 0 aromatic heterocycles. The first-order valence-corrected chi connectivity index (χ1v) is 6.96. The van der Waals surface area contributed by atoms with Crippen LogP contribution in [-0.4, -0.2) is 28.3 Å². The van der Waals surface area contributed by atoms with E-state index in [0.29, 0.717) is 0 Å². The second kappa shape index (κ2) is 5.38. The van der Waals surface area contributed by atoms with Gasteiger partial charge in [-0.15, -0.1) is 10.2 Å². The third kappa shape index (κ3) is 3.27. The van der Waals surface area contributed by atoms with Gasteiger partial charge in [-0.25, -0.2) is 0 Å². The predicted molar refractivity (Wildman–Crippen MR) is 71.9 cm³/mol. The number of azo groups is 1. The van der Waals surface area contributed by atoms with Gasteiger partial charge in [-0.2, -0.15) is 8.42 Å². The zero-order valence-electron chi connectivity index (χ0n) is 10.4. The Kier molecular flexibility index (Phi) is 3.78. The van der Waals surface area contributed by atoms with Gasteiger partial charge in [0.25, 0.3) is 10.1 Å². The van der Waals surface area contributed by atoms with Gasteiger partial charge < -0.3 is 15.3 Å². The van der Waals surface area contributed by atoms with Gasteiger partial charge in [0.05, 0.1) is 4.90 Å². The minimum atomic E-state index is -4.45. The minimum absolute atomic E-state index is 0.242. The molecule has 0 saturated heterocycles. The molecule has 0 fully saturated rings. The van der Waals surface area contributed by atoms with Crippen molar-refractivity contribution in [3.8, 4) is 17.2 Å². The highest BCUT2D eigenvalue weighted by atomic mass is 32.2. The zero-order chi connectivity index (χ0) is 15.6. The van der Waals surface area contributed by atoms with Crippen LogP contribution in [0.3, 0.4) is 0 Å². The molecule has 0 saturated carbocycles. The van der Waals surface area contributed by atoms with E-state index in [2.05, 4.69) is 10.2 Å². The first-order valence-electron chi connectivity index (χ1n) is 5.52. The molecule has 0 aliphatic heterocycles. The monoisotopic (exact) mass is 310 g/mol. The average Bonchev–Trinajstić information content (AvgIpc) is 2.38. The van der Waals surface area contributed by atoms with Crippen molar-refractivity contribution in [1.29, 1.82) is 0 Å². The third-order valence-corrected chi connectivity index (χ3v) is 3.35. The Labute approximate surface area is 119 Å². The average molecular weight is 310 g/mol. The largest absolute Gasteiger partial charge is 0.506 e. The molecule has 0 bridgehead atoms. The molecule has 0 unspecified atom stereocenters. The fraction of sp³-hybridized carbons (Fsp3) is 0. The number of hydrogen-bond acceptors (Lipinski definition) is 7. The van der Waals surface area contributed by atoms with Gasteiger partial charge in [-0.1, -0.05) is 6.07 Å². The van der Waals surface area contributed by atoms with Crippen LogP contribution in [0.1, 0.15) is 0 Å². The molecule has 4 N–H and O–H groups in total. The fourth-order valence-electron chi connectivity index (χ4n) is 1.47. The first kappa shape index (κ1) is 14.8. The summed E-state index contributed by atoms with van der Waals surface area (Å²) >= 11 is 0. The van der Waals surface area contributed by atoms with Crippen molar-refractivity contribution < 1.29 is 28.3 Å². The molecule has 0 aliphatic carbocycles. The van der Waals surface area contributed by atoms with Crippen LogP contribution in [0, 0.1) is 0 Å². The molecule has 0 amide bonds. The molecule has 0 heterocycles. The van der Waals surface area contributed by atoms with Gasteiger partial charge in [0.2, 0.25) is 0 Å². The number of phenols is 3. The van der Waals surface area contributed by atoms with Crippen LogP contribution in [0.15, 0.2) is 51.5 Å². The van der Waals surface area contributed by atoms with Crippen LogP contribution in [0.2, 0.25) is 0 Å². The Morgan fingerprint density at radius 1 is 0.857 bits per heavy atom. The Hall–Kier alpha value is -2.65. The third-order valence-electron chi connectivity index (χ3n) is 2.50. The summed E-state index contributed by atoms with van der Waals surface area (Å²) in [5.41, 5.74) is -0.498. The molecular formula is C12H10N2O6S. The van der Waals surface area contributed by atoms with Gasteiger partial charge in [-0.3, -0.25) is 4.55 Å². The lowest BCUT2D eigenvalue weighted by atomic mass is 10.3. The zero-order valence-corrected chi connectivity index (χ0v) is 11.2. The lowest BCUT2D eigenvalue weighted by Crippen LogP contribution is -1.96. The van der Waals surface area contributed by atoms with Crippen molar-refractivity contribution in [3.05, 3.63) is 36.4 Å². The summed E-state index contributed by atoms with van der Waals surface area (Å²) in [4.78, 5) is -0.476. The van der Waals surface area contributed by atoms with E-state index >= 15 is 0 Å². The molecule has 9 heteroatoms. The van der Waals surface area contributed by atoms with E-state index in [1.54, 1.807) is 0 Å². The van der Waals surface area contributed by atoms with Crippen LogP contribution in [0.5, 0.6) is 17.2 Å². The van der Waals surface area contributed by atoms with E-state index in [9.17, 15) is 23.7 Å². The minimum Gasteiger partial charge on any atom is -0.506 e. The Balaban J connectivity index is 2.46. The number of rotatable bonds is 3. The topological polar surface area (TPSA) is 140 Å². The number of hydrogen-bond donors (Lipinski definition) is 4. The van der Waals surface area contributed by atoms with Crippen LogP contribution in [-0.2, 0) is 10.1 Å². The number of aromatic hydroxyl groups is 3. The molecular weight excluding hydrogens is 300 g/mol. The Morgan fingerprint density at radius 3 is 2.05 bits per heavy atom. The summed E-state index contributed by atoms with van der Waals surface area (Å²) in [5, 5.41) is 35.7. The van der Waals surface area contributed by atoms with E-state index in [4.69, 9.17) is 4.55 Å². The lowest BCUT2D eigenvalue weighted by molar-refractivity contribution is 0.452. The number of nitrogens with zero attached hydrogens (tertiary/aromatic N) is 2. The second-order valence-electron chi connectivity index (χ2n) is 3.97. The van der Waals surface area contributed by atoms with Crippen LogP contribution < -0.4 is 0 Å². The number of benzene rings is 2. The maximum Gasteiger partial charge on any atom is 0.294 e. The predicted octanol–water partition coefficient (Wildman–Crippen LogP) is 2.47. The van der Waals surface area contributed by atoms with Crippen LogP contribution in [0.25, 0.3) is 0 Å². The van der Waals surface area contributed by atoms with Crippen LogP contribution in [0.4, 0.5) is 11.4 Å². The molecule has 8 nitrogen and oxygen atoms in total. The van der Waals surface area contributed by atoms with Gasteiger partial charge in [0.1, 0.15) is 22.9 Å².